The first-order valence-corrected chi connectivity index (χ1v) is 10.8. The summed E-state index contributed by atoms with van der Waals surface area (Å²) in [5.41, 5.74) is 0.649. The molecule has 0 aromatic heterocycles. The van der Waals surface area contributed by atoms with Crippen molar-refractivity contribution in [2.75, 3.05) is 6.61 Å². The highest BCUT2D eigenvalue weighted by Gasteiger charge is 2.19. The Labute approximate surface area is 119 Å². The van der Waals surface area contributed by atoms with Crippen molar-refractivity contribution in [1.82, 2.24) is 0 Å². The van der Waals surface area contributed by atoms with E-state index in [1.807, 2.05) is 18.7 Å². The van der Waals surface area contributed by atoms with Crippen molar-refractivity contribution >= 4 is 28.9 Å². The monoisotopic (exact) mass is 301 g/mol. The van der Waals surface area contributed by atoms with Crippen molar-refractivity contribution in [2.24, 2.45) is 0 Å². The van der Waals surface area contributed by atoms with Crippen LogP contribution in [0.5, 0.6) is 5.75 Å². The molecular formula is C13H17Cl2NOSi. The van der Waals surface area contributed by atoms with Crippen LogP contribution in [0.2, 0.25) is 12.6 Å². The van der Waals surface area contributed by atoms with Gasteiger partial charge in [0, 0.05) is 0 Å². The quantitative estimate of drug-likeness (QED) is 0.417. The van der Waals surface area contributed by atoms with Crippen LogP contribution in [0.4, 0.5) is 0 Å². The predicted molar refractivity (Wildman–Crippen MR) is 78.6 cm³/mol. The molecule has 2 nitrogen and oxygen atoms in total. The number of ether oxygens (including phenoxy) is 1. The Kier molecular flexibility index (Phi) is 6.55. The van der Waals surface area contributed by atoms with E-state index in [-0.39, 0.29) is 0 Å². The van der Waals surface area contributed by atoms with Gasteiger partial charge in [-0.05, 0) is 43.3 Å². The number of rotatable bonds is 7. The van der Waals surface area contributed by atoms with E-state index in [9.17, 15) is 0 Å². The summed E-state index contributed by atoms with van der Waals surface area (Å²) in [6, 6.07) is 10.2. The summed E-state index contributed by atoms with van der Waals surface area (Å²) in [6.07, 6.45) is 3.14. The van der Waals surface area contributed by atoms with Crippen LogP contribution in [-0.2, 0) is 0 Å². The number of halogens is 2. The predicted octanol–water partition coefficient (Wildman–Crippen LogP) is 4.66. The van der Waals surface area contributed by atoms with Crippen molar-refractivity contribution in [2.45, 2.75) is 31.9 Å². The van der Waals surface area contributed by atoms with Crippen LogP contribution in [0.1, 0.15) is 24.8 Å². The van der Waals surface area contributed by atoms with E-state index in [2.05, 4.69) is 6.07 Å². The lowest BCUT2D eigenvalue weighted by Gasteiger charge is -2.09. The Morgan fingerprint density at radius 3 is 2.39 bits per heavy atom. The second kappa shape index (κ2) is 7.68. The molecular weight excluding hydrogens is 285 g/mol. The van der Waals surface area contributed by atoms with E-state index in [0.717, 1.165) is 31.1 Å². The van der Waals surface area contributed by atoms with Crippen LogP contribution in [0.25, 0.3) is 0 Å². The fraction of sp³-hybridized carbons (Fsp3) is 0.462. The first-order valence-electron chi connectivity index (χ1n) is 6.02. The average molecular weight is 302 g/mol. The van der Waals surface area contributed by atoms with Crippen LogP contribution in [0.15, 0.2) is 24.3 Å². The zero-order valence-electron chi connectivity index (χ0n) is 10.5. The minimum atomic E-state index is -1.92. The summed E-state index contributed by atoms with van der Waals surface area (Å²) in [5.74, 6) is 0.808. The summed E-state index contributed by atoms with van der Waals surface area (Å²) >= 11 is 12.0. The molecule has 0 radical (unpaired) electrons. The lowest BCUT2D eigenvalue weighted by molar-refractivity contribution is 0.306. The summed E-state index contributed by atoms with van der Waals surface area (Å²) in [5, 5.41) is 8.66. The Morgan fingerprint density at radius 2 is 1.83 bits per heavy atom. The smallest absolute Gasteiger partial charge is 0.248 e. The summed E-state index contributed by atoms with van der Waals surface area (Å²) in [6.45, 7) is 0.718. The van der Waals surface area contributed by atoms with Crippen molar-refractivity contribution in [1.29, 1.82) is 5.26 Å². The van der Waals surface area contributed by atoms with Crippen LogP contribution in [0.3, 0.4) is 0 Å². The fourth-order valence-corrected chi connectivity index (χ4v) is 3.20. The zero-order chi connectivity index (χ0) is 13.4. The third-order valence-corrected chi connectivity index (χ3v) is 4.88. The topological polar surface area (TPSA) is 33.0 Å². The van der Waals surface area contributed by atoms with E-state index in [1.54, 1.807) is 12.1 Å². The Morgan fingerprint density at radius 1 is 1.17 bits per heavy atom. The number of hydrogen-bond donors (Lipinski definition) is 0. The zero-order valence-corrected chi connectivity index (χ0v) is 13.0. The summed E-state index contributed by atoms with van der Waals surface area (Å²) in [7, 11) is 0. The molecule has 0 aliphatic heterocycles. The lowest BCUT2D eigenvalue weighted by atomic mass is 10.2. The molecule has 0 N–H and O–H groups in total. The molecule has 0 bridgehead atoms. The second-order valence-corrected chi connectivity index (χ2v) is 12.6. The van der Waals surface area contributed by atoms with Crippen molar-refractivity contribution < 1.29 is 4.74 Å². The third kappa shape index (κ3) is 6.90. The van der Waals surface area contributed by atoms with Gasteiger partial charge in [-0.3, -0.25) is 0 Å². The maximum absolute atomic E-state index is 8.66. The highest BCUT2D eigenvalue weighted by atomic mass is 35.7. The first kappa shape index (κ1) is 15.4. The molecule has 0 amide bonds. The molecule has 0 unspecified atom stereocenters. The summed E-state index contributed by atoms with van der Waals surface area (Å²) < 4.78 is 5.57. The number of benzene rings is 1. The van der Waals surface area contributed by atoms with Gasteiger partial charge in [0.05, 0.1) is 18.2 Å². The highest BCUT2D eigenvalue weighted by molar-refractivity contribution is 7.44. The molecule has 0 saturated heterocycles. The molecule has 0 heterocycles. The van der Waals surface area contributed by atoms with Gasteiger partial charge < -0.3 is 4.74 Å². The Balaban J connectivity index is 2.12. The molecule has 0 saturated carbocycles. The van der Waals surface area contributed by atoms with Crippen LogP contribution >= 0.6 is 22.2 Å². The standard InChI is InChI=1S/C13H17Cl2NOSi/c1-18(14,15)10-4-2-3-9-17-13-7-5-12(11-16)6-8-13/h5-8H,2-4,9-10H2,1H3. The normalized spacial score (nSPS) is 11.0. The average Bonchev–Trinajstić information content (AvgIpc) is 2.33. The van der Waals surface area contributed by atoms with Gasteiger partial charge >= 0.3 is 0 Å². The van der Waals surface area contributed by atoms with E-state index in [0.29, 0.717) is 12.2 Å². The van der Waals surface area contributed by atoms with Gasteiger partial charge in [0.25, 0.3) is 0 Å². The van der Waals surface area contributed by atoms with Gasteiger partial charge in [-0.2, -0.15) is 5.26 Å². The fourth-order valence-electron chi connectivity index (χ4n) is 1.53. The number of hydrogen-bond acceptors (Lipinski definition) is 2. The third-order valence-electron chi connectivity index (χ3n) is 2.51. The maximum atomic E-state index is 8.66. The highest BCUT2D eigenvalue weighted by Crippen LogP contribution is 2.22. The van der Waals surface area contributed by atoms with Crippen LogP contribution in [-0.4, -0.2) is 13.3 Å². The molecule has 1 rings (SSSR count). The first-order chi connectivity index (χ1) is 8.51. The van der Waals surface area contributed by atoms with E-state index < -0.39 is 6.69 Å². The van der Waals surface area contributed by atoms with Crippen molar-refractivity contribution in [3.8, 4) is 11.8 Å². The van der Waals surface area contributed by atoms with Gasteiger partial charge in [-0.15, -0.1) is 22.2 Å². The van der Waals surface area contributed by atoms with E-state index >= 15 is 0 Å². The largest absolute Gasteiger partial charge is 0.494 e. The molecule has 0 fully saturated rings. The number of unbranched alkanes of at least 4 members (excludes halogenated alkanes) is 2. The number of nitriles is 1. The molecule has 0 spiro atoms. The molecule has 1 aromatic rings. The van der Waals surface area contributed by atoms with E-state index in [1.165, 1.54) is 0 Å². The van der Waals surface area contributed by atoms with Crippen LogP contribution in [0, 0.1) is 11.3 Å². The van der Waals surface area contributed by atoms with Crippen molar-refractivity contribution in [3.05, 3.63) is 29.8 Å². The molecule has 0 aliphatic carbocycles. The minimum Gasteiger partial charge on any atom is -0.494 e. The molecule has 5 heteroatoms. The number of nitrogens with zero attached hydrogens (tertiary/aromatic N) is 1. The van der Waals surface area contributed by atoms with Gasteiger partial charge in [-0.25, -0.2) is 0 Å². The summed E-state index contributed by atoms with van der Waals surface area (Å²) in [4.78, 5) is 0. The molecule has 1 aromatic carbocycles. The molecule has 98 valence electrons. The van der Waals surface area contributed by atoms with E-state index in [4.69, 9.17) is 32.2 Å². The maximum Gasteiger partial charge on any atom is 0.248 e. The molecule has 0 atom stereocenters. The lowest BCUT2D eigenvalue weighted by Crippen LogP contribution is -2.11. The van der Waals surface area contributed by atoms with Gasteiger partial charge in [0.1, 0.15) is 5.75 Å². The second-order valence-electron chi connectivity index (χ2n) is 4.37. The van der Waals surface area contributed by atoms with Gasteiger partial charge in [0.2, 0.25) is 6.69 Å². The van der Waals surface area contributed by atoms with Gasteiger partial charge in [-0.1, -0.05) is 12.8 Å². The Hall–Kier alpha value is -0.693. The SMILES string of the molecule is C[Si](Cl)(Cl)CCCCCOc1ccc(C#N)cc1. The molecule has 0 aliphatic rings. The Bertz CT molecular complexity index is 395. The molecule has 18 heavy (non-hydrogen) atoms. The minimum absolute atomic E-state index is 0.649. The van der Waals surface area contributed by atoms with Gasteiger partial charge in [0.15, 0.2) is 0 Å². The van der Waals surface area contributed by atoms with Crippen LogP contribution < -0.4 is 4.74 Å². The van der Waals surface area contributed by atoms with Crippen molar-refractivity contribution in [3.63, 3.8) is 0 Å².